The Bertz CT molecular complexity index is 957. The van der Waals surface area contributed by atoms with E-state index in [2.05, 4.69) is 4.72 Å². The minimum atomic E-state index is -4.13. The number of hydrogen-bond acceptors (Lipinski definition) is 4. The van der Waals surface area contributed by atoms with Crippen molar-refractivity contribution in [3.05, 3.63) is 57.8 Å². The Labute approximate surface area is 170 Å². The van der Waals surface area contributed by atoms with Crippen LogP contribution in [0.3, 0.4) is 0 Å². The van der Waals surface area contributed by atoms with Crippen LogP contribution in [0.1, 0.15) is 17.3 Å². The first-order valence-corrected chi connectivity index (χ1v) is 10.1. The van der Waals surface area contributed by atoms with Gasteiger partial charge in [0.2, 0.25) is 10.0 Å². The molecule has 0 unspecified atom stereocenters. The summed E-state index contributed by atoms with van der Waals surface area (Å²) in [4.78, 5) is 13.2. The standard InChI is InChI=1S/C16H14Cl3FN2O4S/c1-9(8-26-14-5-3-2-4-10(14)16(23)21-19)22-27(24,25)15-7-13(20)11(17)6-12(15)18/h2-7,9,22H,8H2,1H3,(H,21,23)/t9-/m0/s1. The first-order valence-electron chi connectivity index (χ1n) is 7.45. The molecule has 0 saturated carbocycles. The van der Waals surface area contributed by atoms with Crippen LogP contribution in [0, 0.1) is 5.82 Å². The molecule has 0 radical (unpaired) electrons. The maximum absolute atomic E-state index is 13.6. The summed E-state index contributed by atoms with van der Waals surface area (Å²) in [7, 11) is -4.13. The van der Waals surface area contributed by atoms with Gasteiger partial charge in [0, 0.05) is 11.8 Å². The highest BCUT2D eigenvalue weighted by Crippen LogP contribution is 2.27. The lowest BCUT2D eigenvalue weighted by Gasteiger charge is -2.17. The molecule has 0 bridgehead atoms. The van der Waals surface area contributed by atoms with E-state index in [0.717, 1.165) is 12.1 Å². The highest BCUT2D eigenvalue weighted by Gasteiger charge is 2.23. The predicted molar refractivity (Wildman–Crippen MR) is 101 cm³/mol. The fourth-order valence-electron chi connectivity index (χ4n) is 2.12. The minimum absolute atomic E-state index is 0.112. The third kappa shape index (κ3) is 5.46. The highest BCUT2D eigenvalue weighted by molar-refractivity contribution is 7.89. The van der Waals surface area contributed by atoms with Crippen molar-refractivity contribution in [3.63, 3.8) is 0 Å². The van der Waals surface area contributed by atoms with Crippen molar-refractivity contribution in [2.75, 3.05) is 6.61 Å². The number of amides is 1. The van der Waals surface area contributed by atoms with Crippen LogP contribution < -0.4 is 14.3 Å². The van der Waals surface area contributed by atoms with Gasteiger partial charge in [-0.15, -0.1) is 0 Å². The molecule has 0 aromatic heterocycles. The number of para-hydroxylation sites is 1. The van der Waals surface area contributed by atoms with Gasteiger partial charge in [-0.3, -0.25) is 9.63 Å². The van der Waals surface area contributed by atoms with E-state index >= 15 is 0 Å². The van der Waals surface area contributed by atoms with E-state index in [0.29, 0.717) is 0 Å². The van der Waals surface area contributed by atoms with Gasteiger partial charge >= 0.3 is 0 Å². The molecule has 0 saturated heterocycles. The molecular weight excluding hydrogens is 442 g/mol. The summed E-state index contributed by atoms with van der Waals surface area (Å²) in [5.74, 6) is -1.26. The molecule has 11 heteroatoms. The monoisotopic (exact) mass is 454 g/mol. The van der Waals surface area contributed by atoms with E-state index in [1.54, 1.807) is 12.1 Å². The van der Waals surface area contributed by atoms with E-state index in [9.17, 15) is 17.6 Å². The van der Waals surface area contributed by atoms with E-state index < -0.39 is 32.7 Å². The molecule has 0 heterocycles. The van der Waals surface area contributed by atoms with E-state index in [-0.39, 0.29) is 28.0 Å². The van der Waals surface area contributed by atoms with Crippen LogP contribution in [0.4, 0.5) is 4.39 Å². The van der Waals surface area contributed by atoms with Crippen LogP contribution in [0.2, 0.25) is 10.0 Å². The maximum atomic E-state index is 13.6. The average molecular weight is 456 g/mol. The molecule has 6 nitrogen and oxygen atoms in total. The largest absolute Gasteiger partial charge is 0.491 e. The number of hydrogen-bond donors (Lipinski definition) is 2. The van der Waals surface area contributed by atoms with Gasteiger partial charge in [0.15, 0.2) is 0 Å². The fraction of sp³-hybridized carbons (Fsp3) is 0.188. The first kappa shape index (κ1) is 21.7. The lowest BCUT2D eigenvalue weighted by molar-refractivity contribution is 0.0977. The van der Waals surface area contributed by atoms with Crippen molar-refractivity contribution in [1.29, 1.82) is 0 Å². The Morgan fingerprint density at radius 2 is 1.89 bits per heavy atom. The number of benzene rings is 2. The summed E-state index contributed by atoms with van der Waals surface area (Å²) in [6.07, 6.45) is 0. The number of nitrogens with one attached hydrogen (secondary N) is 2. The Morgan fingerprint density at radius 3 is 2.56 bits per heavy atom. The molecule has 27 heavy (non-hydrogen) atoms. The zero-order valence-electron chi connectivity index (χ0n) is 13.8. The van der Waals surface area contributed by atoms with Crippen molar-refractivity contribution in [1.82, 2.24) is 9.56 Å². The molecular formula is C16H14Cl3FN2O4S. The van der Waals surface area contributed by atoms with Crippen LogP contribution in [0.15, 0.2) is 41.3 Å². The predicted octanol–water partition coefficient (Wildman–Crippen LogP) is 3.76. The summed E-state index contributed by atoms with van der Waals surface area (Å²) in [6.45, 7) is 1.42. The lowest BCUT2D eigenvalue weighted by atomic mass is 10.2. The molecule has 0 aliphatic carbocycles. The number of sulfonamides is 1. The van der Waals surface area contributed by atoms with Crippen LogP contribution in [0.5, 0.6) is 5.75 Å². The van der Waals surface area contributed by atoms with Crippen LogP contribution in [0.25, 0.3) is 0 Å². The quantitative estimate of drug-likeness (QED) is 0.492. The maximum Gasteiger partial charge on any atom is 0.269 e. The van der Waals surface area contributed by atoms with Gasteiger partial charge in [0.1, 0.15) is 23.1 Å². The van der Waals surface area contributed by atoms with Gasteiger partial charge < -0.3 is 4.74 Å². The SMILES string of the molecule is C[C@@H](COc1ccccc1C(=O)NCl)NS(=O)(=O)c1cc(F)c(Cl)cc1Cl. The lowest BCUT2D eigenvalue weighted by Crippen LogP contribution is -2.37. The summed E-state index contributed by atoms with van der Waals surface area (Å²) >= 11 is 16.7. The van der Waals surface area contributed by atoms with Gasteiger partial charge in [-0.25, -0.2) is 17.5 Å². The third-order valence-electron chi connectivity index (χ3n) is 3.33. The smallest absolute Gasteiger partial charge is 0.269 e. The van der Waals surface area contributed by atoms with Crippen molar-refractivity contribution in [2.45, 2.75) is 17.9 Å². The van der Waals surface area contributed by atoms with Crippen molar-refractivity contribution in [2.24, 2.45) is 0 Å². The second kappa shape index (κ2) is 9.07. The van der Waals surface area contributed by atoms with Crippen LogP contribution in [-0.4, -0.2) is 27.0 Å². The first-order chi connectivity index (χ1) is 12.7. The fourth-order valence-corrected chi connectivity index (χ4v) is 4.21. The second-order valence-electron chi connectivity index (χ2n) is 5.45. The molecule has 0 aliphatic heterocycles. The molecule has 2 aromatic rings. The number of carbonyl (C=O) groups is 1. The van der Waals surface area contributed by atoms with Crippen molar-refractivity contribution in [3.8, 4) is 5.75 Å². The van der Waals surface area contributed by atoms with Crippen LogP contribution >= 0.6 is 35.0 Å². The Morgan fingerprint density at radius 1 is 1.22 bits per heavy atom. The zero-order valence-corrected chi connectivity index (χ0v) is 16.9. The van der Waals surface area contributed by atoms with E-state index in [4.69, 9.17) is 39.7 Å². The molecule has 0 aliphatic rings. The van der Waals surface area contributed by atoms with E-state index in [1.807, 2.05) is 4.84 Å². The van der Waals surface area contributed by atoms with Gasteiger partial charge in [0.05, 0.1) is 21.7 Å². The van der Waals surface area contributed by atoms with Gasteiger partial charge in [0.25, 0.3) is 5.91 Å². The molecule has 0 fully saturated rings. The number of halogens is 4. The Balaban J connectivity index is 2.11. The summed E-state index contributed by atoms with van der Waals surface area (Å²) in [6, 6.07) is 7.32. The topological polar surface area (TPSA) is 84.5 Å². The Kier molecular flexibility index (Phi) is 7.30. The molecule has 2 aromatic carbocycles. The average Bonchev–Trinajstić information content (AvgIpc) is 2.62. The molecule has 0 spiro atoms. The zero-order chi connectivity index (χ0) is 20.2. The summed E-state index contributed by atoms with van der Waals surface area (Å²) in [5, 5.41) is -0.504. The minimum Gasteiger partial charge on any atom is -0.491 e. The molecule has 1 amide bonds. The van der Waals surface area contributed by atoms with Gasteiger partial charge in [-0.1, -0.05) is 35.3 Å². The Hall–Kier alpha value is -1.58. The second-order valence-corrected chi connectivity index (χ2v) is 8.14. The van der Waals surface area contributed by atoms with Crippen LogP contribution in [-0.2, 0) is 10.0 Å². The molecule has 1 atom stereocenters. The van der Waals surface area contributed by atoms with E-state index in [1.165, 1.54) is 19.1 Å². The van der Waals surface area contributed by atoms with Crippen molar-refractivity contribution >= 4 is 50.9 Å². The van der Waals surface area contributed by atoms with Gasteiger partial charge in [-0.05, 0) is 31.2 Å². The highest BCUT2D eigenvalue weighted by atomic mass is 35.5. The van der Waals surface area contributed by atoms with Gasteiger partial charge in [-0.2, -0.15) is 0 Å². The summed E-state index contributed by atoms with van der Waals surface area (Å²) in [5.41, 5.74) is 0.186. The third-order valence-corrected chi connectivity index (χ3v) is 5.84. The van der Waals surface area contributed by atoms with Crippen molar-refractivity contribution < 1.29 is 22.3 Å². The normalized spacial score (nSPS) is 12.5. The number of ether oxygens (including phenoxy) is 1. The summed E-state index contributed by atoms with van der Waals surface area (Å²) < 4.78 is 46.3. The number of rotatable bonds is 7. The molecule has 2 N–H and O–H groups in total. The molecule has 2 rings (SSSR count). The molecule has 146 valence electrons. The number of carbonyl (C=O) groups excluding carboxylic acids is 1.